The molecule has 1 fully saturated rings. The van der Waals surface area contributed by atoms with Crippen molar-refractivity contribution in [2.75, 3.05) is 6.54 Å². The van der Waals surface area contributed by atoms with Crippen LogP contribution >= 0.6 is 0 Å². The van der Waals surface area contributed by atoms with Crippen molar-refractivity contribution in [2.45, 2.75) is 45.6 Å². The molecule has 0 saturated carbocycles. The summed E-state index contributed by atoms with van der Waals surface area (Å²) >= 11 is 0. The van der Waals surface area contributed by atoms with E-state index in [0.29, 0.717) is 0 Å². The van der Waals surface area contributed by atoms with Gasteiger partial charge in [0, 0.05) is 5.56 Å². The van der Waals surface area contributed by atoms with Crippen molar-refractivity contribution < 1.29 is 4.79 Å². The molecule has 0 spiro atoms. The first-order valence-electron chi connectivity index (χ1n) is 6.65. The fourth-order valence-electron chi connectivity index (χ4n) is 2.48. The molecule has 1 atom stereocenters. The highest BCUT2D eigenvalue weighted by atomic mass is 16.1. The second-order valence-electron chi connectivity index (χ2n) is 4.71. The van der Waals surface area contributed by atoms with Crippen molar-refractivity contribution in [1.29, 1.82) is 0 Å². The number of benzene rings is 1. The summed E-state index contributed by atoms with van der Waals surface area (Å²) in [5.74, 6) is 0.287. The zero-order valence-corrected chi connectivity index (χ0v) is 10.8. The summed E-state index contributed by atoms with van der Waals surface area (Å²) in [6.07, 6.45) is 4.02. The minimum atomic E-state index is 0.0485. The van der Waals surface area contributed by atoms with Crippen molar-refractivity contribution in [3.63, 3.8) is 0 Å². The van der Waals surface area contributed by atoms with Gasteiger partial charge in [-0.15, -0.1) is 0 Å². The number of Topliss-reactive ketones (excluding diaryl/α,β-unsaturated/α-hetero) is 1. The SMILES string of the molecule is CCc1ccc(CC)c(C(=O)C2CCCN2)c1. The van der Waals surface area contributed by atoms with E-state index in [1.807, 2.05) is 0 Å². The van der Waals surface area contributed by atoms with E-state index in [-0.39, 0.29) is 11.8 Å². The van der Waals surface area contributed by atoms with E-state index in [1.54, 1.807) is 0 Å². The molecule has 17 heavy (non-hydrogen) atoms. The van der Waals surface area contributed by atoms with Gasteiger partial charge in [-0.25, -0.2) is 0 Å². The lowest BCUT2D eigenvalue weighted by atomic mass is 9.94. The van der Waals surface area contributed by atoms with E-state index >= 15 is 0 Å². The molecule has 2 rings (SSSR count). The molecule has 1 heterocycles. The molecule has 1 saturated heterocycles. The molecule has 92 valence electrons. The first-order chi connectivity index (χ1) is 8.26. The standard InChI is InChI=1S/C15H21NO/c1-3-11-7-8-12(4-2)13(10-11)15(17)14-6-5-9-16-14/h7-8,10,14,16H,3-6,9H2,1-2H3. The third-order valence-electron chi connectivity index (χ3n) is 3.61. The van der Waals surface area contributed by atoms with Gasteiger partial charge in [0.25, 0.3) is 0 Å². The molecule has 0 amide bonds. The minimum Gasteiger partial charge on any atom is -0.307 e. The number of ketones is 1. The monoisotopic (exact) mass is 231 g/mol. The minimum absolute atomic E-state index is 0.0485. The fourth-order valence-corrected chi connectivity index (χ4v) is 2.48. The topological polar surface area (TPSA) is 29.1 Å². The number of hydrogen-bond acceptors (Lipinski definition) is 2. The smallest absolute Gasteiger partial charge is 0.180 e. The molecule has 1 N–H and O–H groups in total. The van der Waals surface area contributed by atoms with Crippen LogP contribution in [0, 0.1) is 0 Å². The predicted molar refractivity (Wildman–Crippen MR) is 70.6 cm³/mol. The Hall–Kier alpha value is -1.15. The van der Waals surface area contributed by atoms with E-state index in [9.17, 15) is 4.79 Å². The second kappa shape index (κ2) is 5.46. The maximum absolute atomic E-state index is 12.4. The third-order valence-corrected chi connectivity index (χ3v) is 3.61. The summed E-state index contributed by atoms with van der Waals surface area (Å²) < 4.78 is 0. The molecule has 0 radical (unpaired) electrons. The lowest BCUT2D eigenvalue weighted by Crippen LogP contribution is -2.31. The molecule has 1 aliphatic rings. The molecule has 0 aromatic heterocycles. The van der Waals surface area contributed by atoms with Crippen molar-refractivity contribution >= 4 is 5.78 Å². The van der Waals surface area contributed by atoms with Crippen LogP contribution < -0.4 is 5.32 Å². The lowest BCUT2D eigenvalue weighted by Gasteiger charge is -2.13. The Labute approximate surface area is 103 Å². The Morgan fingerprint density at radius 3 is 2.76 bits per heavy atom. The zero-order valence-electron chi connectivity index (χ0n) is 10.8. The Morgan fingerprint density at radius 1 is 1.35 bits per heavy atom. The quantitative estimate of drug-likeness (QED) is 0.807. The van der Waals surface area contributed by atoms with Gasteiger partial charge in [0.2, 0.25) is 0 Å². The summed E-state index contributed by atoms with van der Waals surface area (Å²) in [7, 11) is 0. The lowest BCUT2D eigenvalue weighted by molar-refractivity contribution is 0.0951. The Balaban J connectivity index is 2.30. The van der Waals surface area contributed by atoms with Crippen molar-refractivity contribution in [2.24, 2.45) is 0 Å². The summed E-state index contributed by atoms with van der Waals surface area (Å²) in [5, 5.41) is 3.29. The van der Waals surface area contributed by atoms with Gasteiger partial charge < -0.3 is 5.32 Å². The Morgan fingerprint density at radius 2 is 2.18 bits per heavy atom. The molecule has 2 nitrogen and oxygen atoms in total. The predicted octanol–water partition coefficient (Wildman–Crippen LogP) is 2.75. The highest BCUT2D eigenvalue weighted by Gasteiger charge is 2.24. The van der Waals surface area contributed by atoms with Crippen LogP contribution in [0.15, 0.2) is 18.2 Å². The average Bonchev–Trinajstić information content (AvgIpc) is 2.91. The third kappa shape index (κ3) is 2.58. The van der Waals surface area contributed by atoms with Crippen LogP contribution in [0.3, 0.4) is 0 Å². The van der Waals surface area contributed by atoms with E-state index in [1.165, 1.54) is 11.1 Å². The van der Waals surface area contributed by atoms with Crippen LogP contribution in [0.5, 0.6) is 0 Å². The van der Waals surface area contributed by atoms with E-state index in [4.69, 9.17) is 0 Å². The van der Waals surface area contributed by atoms with Crippen molar-refractivity contribution in [1.82, 2.24) is 5.32 Å². The summed E-state index contributed by atoms with van der Waals surface area (Å²) in [6, 6.07) is 6.38. The molecular formula is C15H21NO. The number of rotatable bonds is 4. The van der Waals surface area contributed by atoms with Gasteiger partial charge in [0.15, 0.2) is 5.78 Å². The highest BCUT2D eigenvalue weighted by Crippen LogP contribution is 2.18. The van der Waals surface area contributed by atoms with Crippen molar-refractivity contribution in [3.8, 4) is 0 Å². The molecule has 1 aromatic rings. The second-order valence-corrected chi connectivity index (χ2v) is 4.71. The molecule has 0 aliphatic carbocycles. The summed E-state index contributed by atoms with van der Waals surface area (Å²) in [6.45, 7) is 5.22. The van der Waals surface area contributed by atoms with Gasteiger partial charge >= 0.3 is 0 Å². The number of aryl methyl sites for hydroxylation is 2. The first kappa shape index (κ1) is 12.3. The fraction of sp³-hybridized carbons (Fsp3) is 0.533. The normalized spacial score (nSPS) is 19.5. The Bertz CT molecular complexity index is 405. The van der Waals surface area contributed by atoms with Crippen LogP contribution in [0.25, 0.3) is 0 Å². The first-order valence-corrected chi connectivity index (χ1v) is 6.65. The molecule has 1 unspecified atom stereocenters. The van der Waals surface area contributed by atoms with Crippen LogP contribution in [0.1, 0.15) is 48.2 Å². The van der Waals surface area contributed by atoms with E-state index in [0.717, 1.165) is 37.8 Å². The number of nitrogens with one attached hydrogen (secondary N) is 1. The van der Waals surface area contributed by atoms with E-state index < -0.39 is 0 Å². The van der Waals surface area contributed by atoms with Crippen LogP contribution in [0.2, 0.25) is 0 Å². The van der Waals surface area contributed by atoms with Gasteiger partial charge in [0.1, 0.15) is 0 Å². The van der Waals surface area contributed by atoms with Crippen LogP contribution in [-0.4, -0.2) is 18.4 Å². The maximum Gasteiger partial charge on any atom is 0.180 e. The van der Waals surface area contributed by atoms with Gasteiger partial charge in [-0.05, 0) is 49.4 Å². The molecule has 2 heteroatoms. The van der Waals surface area contributed by atoms with Gasteiger partial charge in [-0.3, -0.25) is 4.79 Å². The number of hydrogen-bond donors (Lipinski definition) is 1. The van der Waals surface area contributed by atoms with E-state index in [2.05, 4.69) is 37.4 Å². The molecule has 1 aliphatic heterocycles. The highest BCUT2D eigenvalue weighted by molar-refractivity contribution is 6.01. The summed E-state index contributed by atoms with van der Waals surface area (Å²) in [4.78, 5) is 12.4. The summed E-state index contributed by atoms with van der Waals surface area (Å²) in [5.41, 5.74) is 3.37. The van der Waals surface area contributed by atoms with Gasteiger partial charge in [0.05, 0.1) is 6.04 Å². The van der Waals surface area contributed by atoms with Crippen molar-refractivity contribution in [3.05, 3.63) is 34.9 Å². The number of carbonyl (C=O) groups excluding carboxylic acids is 1. The number of carbonyl (C=O) groups is 1. The molecular weight excluding hydrogens is 210 g/mol. The average molecular weight is 231 g/mol. The van der Waals surface area contributed by atoms with Crippen LogP contribution in [0.4, 0.5) is 0 Å². The zero-order chi connectivity index (χ0) is 12.3. The van der Waals surface area contributed by atoms with Gasteiger partial charge in [-0.2, -0.15) is 0 Å². The van der Waals surface area contributed by atoms with Gasteiger partial charge in [-0.1, -0.05) is 26.0 Å². The maximum atomic E-state index is 12.4. The molecule has 0 bridgehead atoms. The molecule has 1 aromatic carbocycles. The largest absolute Gasteiger partial charge is 0.307 e. The Kier molecular flexibility index (Phi) is 3.95. The van der Waals surface area contributed by atoms with Crippen LogP contribution in [-0.2, 0) is 12.8 Å².